The number of aromatic nitrogens is 2. The SMILES string of the molecule is CCCN(C)Cc1cnn(CC)c1.O=CNC=O.O=COCC1=CCCC=C1. The van der Waals surface area contributed by atoms with Gasteiger partial charge >= 0.3 is 0 Å². The maximum atomic E-state index is 9.77. The number of amides is 2. The summed E-state index contributed by atoms with van der Waals surface area (Å²) in [4.78, 5) is 30.2. The van der Waals surface area contributed by atoms with Gasteiger partial charge in [-0.3, -0.25) is 19.1 Å². The van der Waals surface area contributed by atoms with E-state index in [0.29, 0.717) is 25.9 Å². The second kappa shape index (κ2) is 17.7. The number of rotatable bonds is 10. The van der Waals surface area contributed by atoms with Gasteiger partial charge in [0.2, 0.25) is 12.8 Å². The van der Waals surface area contributed by atoms with Crippen molar-refractivity contribution in [3.63, 3.8) is 0 Å². The van der Waals surface area contributed by atoms with Gasteiger partial charge in [-0.2, -0.15) is 5.10 Å². The van der Waals surface area contributed by atoms with Crippen LogP contribution in [-0.4, -0.2) is 54.2 Å². The molecular weight excluding hydrogens is 360 g/mol. The molecule has 1 aliphatic rings. The number of hydrogen-bond acceptors (Lipinski definition) is 6. The molecule has 2 rings (SSSR count). The zero-order chi connectivity index (χ0) is 21.0. The third-order valence-corrected chi connectivity index (χ3v) is 3.59. The van der Waals surface area contributed by atoms with Crippen molar-refractivity contribution in [3.05, 3.63) is 41.8 Å². The highest BCUT2D eigenvalue weighted by Crippen LogP contribution is 2.08. The van der Waals surface area contributed by atoms with Gasteiger partial charge in [0.05, 0.1) is 6.20 Å². The van der Waals surface area contributed by atoms with E-state index < -0.39 is 0 Å². The molecular formula is C20H32N4O4. The molecule has 0 bridgehead atoms. The predicted octanol–water partition coefficient (Wildman–Crippen LogP) is 2.07. The van der Waals surface area contributed by atoms with Crippen LogP contribution in [0.2, 0.25) is 0 Å². The molecule has 0 spiro atoms. The molecule has 0 saturated heterocycles. The Labute approximate surface area is 167 Å². The number of imide groups is 1. The van der Waals surface area contributed by atoms with Crippen LogP contribution in [0.5, 0.6) is 0 Å². The van der Waals surface area contributed by atoms with Crippen molar-refractivity contribution < 1.29 is 19.1 Å². The summed E-state index contributed by atoms with van der Waals surface area (Å²) >= 11 is 0. The molecule has 0 aliphatic heterocycles. The molecule has 1 aliphatic carbocycles. The molecule has 0 radical (unpaired) electrons. The lowest BCUT2D eigenvalue weighted by Crippen LogP contribution is -2.18. The van der Waals surface area contributed by atoms with E-state index in [1.165, 1.54) is 12.0 Å². The highest BCUT2D eigenvalue weighted by Gasteiger charge is 2.01. The van der Waals surface area contributed by atoms with Gasteiger partial charge in [0.15, 0.2) is 0 Å². The molecule has 1 aromatic rings. The Kier molecular flexibility index (Phi) is 15.9. The molecule has 0 aromatic carbocycles. The fraction of sp³-hybridized carbons (Fsp3) is 0.500. The molecule has 2 amide bonds. The molecule has 1 N–H and O–H groups in total. The molecule has 0 saturated carbocycles. The summed E-state index contributed by atoms with van der Waals surface area (Å²) in [5, 5.41) is 5.99. The lowest BCUT2D eigenvalue weighted by molar-refractivity contribution is -0.127. The van der Waals surface area contributed by atoms with Crippen LogP contribution in [0.3, 0.4) is 0 Å². The van der Waals surface area contributed by atoms with Crippen molar-refractivity contribution in [3.8, 4) is 0 Å². The molecule has 8 nitrogen and oxygen atoms in total. The fourth-order valence-corrected chi connectivity index (χ4v) is 2.37. The standard InChI is InChI=1S/C10H19N3.C8H10O2.C2H3NO2/c1-4-6-12(3)8-10-7-11-13(5-2)9-10;9-7-10-6-8-4-2-1-3-5-8;4-1-3-2-5/h7,9H,4-6,8H2,1-3H3;2,4-5,7H,1,3,6H2;1-2H,(H,3,4,5). The number of nitrogens with one attached hydrogen (secondary N) is 1. The fourth-order valence-electron chi connectivity index (χ4n) is 2.37. The van der Waals surface area contributed by atoms with Crippen LogP contribution in [0.4, 0.5) is 0 Å². The Bertz CT molecular complexity index is 605. The molecule has 1 heterocycles. The predicted molar refractivity (Wildman–Crippen MR) is 108 cm³/mol. The van der Waals surface area contributed by atoms with E-state index in [1.807, 2.05) is 17.0 Å². The number of aryl methyl sites for hydroxylation is 1. The molecule has 1 aromatic heterocycles. The highest BCUT2D eigenvalue weighted by atomic mass is 16.5. The van der Waals surface area contributed by atoms with E-state index in [9.17, 15) is 4.79 Å². The van der Waals surface area contributed by atoms with Gasteiger partial charge in [0, 0.05) is 24.8 Å². The van der Waals surface area contributed by atoms with Gasteiger partial charge in [0.1, 0.15) is 6.61 Å². The van der Waals surface area contributed by atoms with Gasteiger partial charge < -0.3 is 15.0 Å². The summed E-state index contributed by atoms with van der Waals surface area (Å²) in [5.74, 6) is 0. The number of carbonyl (C=O) groups is 3. The first-order chi connectivity index (χ1) is 13.6. The topological polar surface area (TPSA) is 93.5 Å². The average Bonchev–Trinajstić information content (AvgIpc) is 3.16. The van der Waals surface area contributed by atoms with Gasteiger partial charge in [0.25, 0.3) is 6.47 Å². The van der Waals surface area contributed by atoms with Crippen LogP contribution in [-0.2, 0) is 32.2 Å². The smallest absolute Gasteiger partial charge is 0.293 e. The first-order valence-electron chi connectivity index (χ1n) is 9.35. The Morgan fingerprint density at radius 1 is 1.25 bits per heavy atom. The first kappa shape index (κ1) is 25.3. The largest absolute Gasteiger partial charge is 0.463 e. The number of carbonyl (C=O) groups excluding carboxylic acids is 3. The molecule has 0 atom stereocenters. The van der Waals surface area contributed by atoms with Gasteiger partial charge in [-0.1, -0.05) is 25.2 Å². The van der Waals surface area contributed by atoms with Crippen molar-refractivity contribution in [2.75, 3.05) is 20.2 Å². The van der Waals surface area contributed by atoms with Gasteiger partial charge in [-0.15, -0.1) is 0 Å². The van der Waals surface area contributed by atoms with Gasteiger partial charge in [-0.05, 0) is 45.4 Å². The van der Waals surface area contributed by atoms with E-state index in [4.69, 9.17) is 9.59 Å². The lowest BCUT2D eigenvalue weighted by atomic mass is 10.1. The Morgan fingerprint density at radius 3 is 2.46 bits per heavy atom. The van der Waals surface area contributed by atoms with Crippen LogP contribution in [0.25, 0.3) is 0 Å². The molecule has 0 unspecified atom stereocenters. The monoisotopic (exact) mass is 392 g/mol. The third kappa shape index (κ3) is 13.5. The van der Waals surface area contributed by atoms with Crippen LogP contribution in [0, 0.1) is 0 Å². The van der Waals surface area contributed by atoms with E-state index >= 15 is 0 Å². The Morgan fingerprint density at radius 2 is 2.00 bits per heavy atom. The molecule has 156 valence electrons. The summed E-state index contributed by atoms with van der Waals surface area (Å²) in [5.41, 5.74) is 2.40. The second-order valence-corrected chi connectivity index (χ2v) is 6.01. The van der Waals surface area contributed by atoms with Crippen molar-refractivity contribution in [2.24, 2.45) is 0 Å². The van der Waals surface area contributed by atoms with Crippen LogP contribution >= 0.6 is 0 Å². The minimum absolute atomic E-state index is 0.312. The molecule has 28 heavy (non-hydrogen) atoms. The van der Waals surface area contributed by atoms with Crippen molar-refractivity contribution in [1.82, 2.24) is 20.0 Å². The quantitative estimate of drug-likeness (QED) is 0.613. The Hall–Kier alpha value is -2.74. The summed E-state index contributed by atoms with van der Waals surface area (Å²) in [6, 6.07) is 0. The van der Waals surface area contributed by atoms with E-state index in [1.54, 1.807) is 5.32 Å². The van der Waals surface area contributed by atoms with E-state index in [2.05, 4.69) is 54.0 Å². The summed E-state index contributed by atoms with van der Waals surface area (Å²) in [6.45, 7) is 8.31. The van der Waals surface area contributed by atoms with Crippen LogP contribution in [0.15, 0.2) is 36.2 Å². The van der Waals surface area contributed by atoms with E-state index in [0.717, 1.165) is 38.0 Å². The zero-order valence-corrected chi connectivity index (χ0v) is 17.0. The summed E-state index contributed by atoms with van der Waals surface area (Å²) in [7, 11) is 2.15. The maximum absolute atomic E-state index is 9.77. The molecule has 8 heteroatoms. The second-order valence-electron chi connectivity index (χ2n) is 6.01. The van der Waals surface area contributed by atoms with Gasteiger partial charge in [-0.25, -0.2) is 0 Å². The van der Waals surface area contributed by atoms with Crippen LogP contribution < -0.4 is 5.32 Å². The van der Waals surface area contributed by atoms with Crippen molar-refractivity contribution in [1.29, 1.82) is 0 Å². The summed E-state index contributed by atoms with van der Waals surface area (Å²) in [6.07, 6.45) is 14.2. The highest BCUT2D eigenvalue weighted by molar-refractivity contribution is 5.67. The minimum Gasteiger partial charge on any atom is -0.463 e. The summed E-state index contributed by atoms with van der Waals surface area (Å²) < 4.78 is 6.54. The Balaban J connectivity index is 0.000000431. The lowest BCUT2D eigenvalue weighted by Gasteiger charge is -2.13. The first-order valence-corrected chi connectivity index (χ1v) is 9.35. The number of ether oxygens (including phenoxy) is 1. The van der Waals surface area contributed by atoms with Crippen LogP contribution in [0.1, 0.15) is 38.7 Å². The average molecular weight is 393 g/mol. The van der Waals surface area contributed by atoms with E-state index in [-0.39, 0.29) is 0 Å². The normalized spacial score (nSPS) is 11.9. The number of hydrogen-bond donors (Lipinski definition) is 1. The van der Waals surface area contributed by atoms with Crippen molar-refractivity contribution >= 4 is 19.3 Å². The minimum atomic E-state index is 0.312. The number of nitrogens with zero attached hydrogens (tertiary/aromatic N) is 3. The zero-order valence-electron chi connectivity index (χ0n) is 17.0. The number of allylic oxidation sites excluding steroid dienone is 2. The van der Waals surface area contributed by atoms with Crippen molar-refractivity contribution in [2.45, 2.75) is 46.2 Å². The maximum Gasteiger partial charge on any atom is 0.293 e. The molecule has 0 fully saturated rings. The third-order valence-electron chi connectivity index (χ3n) is 3.59.